The molecule has 1 saturated heterocycles. The van der Waals surface area contributed by atoms with Gasteiger partial charge >= 0.3 is 0 Å². The first-order valence-corrected chi connectivity index (χ1v) is 7.75. The van der Waals surface area contributed by atoms with Crippen LogP contribution in [0.15, 0.2) is 34.9 Å². The molecule has 0 radical (unpaired) electrons. The summed E-state index contributed by atoms with van der Waals surface area (Å²) < 4.78 is 10.9. The van der Waals surface area contributed by atoms with E-state index in [1.165, 1.54) is 0 Å². The van der Waals surface area contributed by atoms with E-state index in [4.69, 9.17) is 15.0 Å². The zero-order valence-electron chi connectivity index (χ0n) is 12.6. The first kappa shape index (κ1) is 15.0. The molecule has 0 spiro atoms. The Hall–Kier alpha value is -1.92. The van der Waals surface area contributed by atoms with Crippen LogP contribution in [0.4, 0.5) is 0 Å². The molecule has 1 aromatic heterocycles. The second-order valence-electron chi connectivity index (χ2n) is 5.65. The molecule has 118 valence electrons. The van der Waals surface area contributed by atoms with Crippen molar-refractivity contribution in [2.75, 3.05) is 19.7 Å². The molecule has 22 heavy (non-hydrogen) atoms. The van der Waals surface area contributed by atoms with Gasteiger partial charge in [0.25, 0.3) is 0 Å². The van der Waals surface area contributed by atoms with Crippen molar-refractivity contribution in [3.05, 3.63) is 42.0 Å². The Morgan fingerprint density at radius 3 is 2.68 bits per heavy atom. The van der Waals surface area contributed by atoms with Crippen molar-refractivity contribution >= 4 is 0 Å². The third-order valence-electron chi connectivity index (χ3n) is 3.99. The molecule has 0 saturated carbocycles. The van der Waals surface area contributed by atoms with E-state index in [-0.39, 0.29) is 0 Å². The summed E-state index contributed by atoms with van der Waals surface area (Å²) in [7, 11) is 0. The molecule has 2 N–H and O–H groups in total. The second-order valence-corrected chi connectivity index (χ2v) is 5.65. The number of rotatable bonds is 6. The molecule has 0 aliphatic carbocycles. The van der Waals surface area contributed by atoms with E-state index in [0.29, 0.717) is 18.4 Å². The van der Waals surface area contributed by atoms with Crippen molar-refractivity contribution in [2.24, 2.45) is 11.7 Å². The molecule has 0 bridgehead atoms. The standard InChI is InChI=1S/C16H22N4O2/c17-10-16-18-15(19-22-16)11-20-8-6-13(7-9-20)12-21-14-4-2-1-3-5-14/h1-5,13H,6-12,17H2. The maximum atomic E-state index is 5.84. The van der Waals surface area contributed by atoms with Gasteiger partial charge in [0.15, 0.2) is 5.82 Å². The number of piperidine rings is 1. The van der Waals surface area contributed by atoms with Gasteiger partial charge in [-0.2, -0.15) is 4.98 Å². The minimum atomic E-state index is 0.298. The van der Waals surface area contributed by atoms with Crippen molar-refractivity contribution in [2.45, 2.75) is 25.9 Å². The monoisotopic (exact) mass is 302 g/mol. The van der Waals surface area contributed by atoms with Crippen LogP contribution >= 0.6 is 0 Å². The summed E-state index contributed by atoms with van der Waals surface area (Å²) in [5.74, 6) is 2.79. The van der Waals surface area contributed by atoms with E-state index in [1.807, 2.05) is 30.3 Å². The van der Waals surface area contributed by atoms with E-state index in [2.05, 4.69) is 15.0 Å². The predicted molar refractivity (Wildman–Crippen MR) is 82.1 cm³/mol. The number of aromatic nitrogens is 2. The van der Waals surface area contributed by atoms with Crippen LogP contribution in [0.25, 0.3) is 0 Å². The average Bonchev–Trinajstić information content (AvgIpc) is 3.03. The lowest BCUT2D eigenvalue weighted by Gasteiger charge is -2.30. The van der Waals surface area contributed by atoms with Crippen LogP contribution in [0.2, 0.25) is 0 Å². The van der Waals surface area contributed by atoms with Gasteiger partial charge in [-0.25, -0.2) is 0 Å². The predicted octanol–water partition coefficient (Wildman–Crippen LogP) is 1.82. The van der Waals surface area contributed by atoms with Gasteiger partial charge in [-0.1, -0.05) is 23.4 Å². The fourth-order valence-electron chi connectivity index (χ4n) is 2.68. The molecule has 1 fully saturated rings. The summed E-state index contributed by atoms with van der Waals surface area (Å²) in [5.41, 5.74) is 5.47. The van der Waals surface area contributed by atoms with Gasteiger partial charge < -0.3 is 15.0 Å². The number of hydrogen-bond donors (Lipinski definition) is 1. The number of para-hydroxylation sites is 1. The zero-order chi connectivity index (χ0) is 15.2. The molecule has 6 nitrogen and oxygen atoms in total. The summed E-state index contributed by atoms with van der Waals surface area (Å²) in [5, 5.41) is 3.94. The topological polar surface area (TPSA) is 77.4 Å². The van der Waals surface area contributed by atoms with E-state index < -0.39 is 0 Å². The van der Waals surface area contributed by atoms with E-state index in [1.54, 1.807) is 0 Å². The molecule has 2 aromatic rings. The Morgan fingerprint density at radius 1 is 1.23 bits per heavy atom. The first-order valence-electron chi connectivity index (χ1n) is 7.75. The molecule has 0 unspecified atom stereocenters. The Balaban J connectivity index is 1.40. The average molecular weight is 302 g/mol. The summed E-state index contributed by atoms with van der Waals surface area (Å²) in [4.78, 5) is 6.60. The van der Waals surface area contributed by atoms with Crippen molar-refractivity contribution in [3.63, 3.8) is 0 Å². The van der Waals surface area contributed by atoms with Crippen LogP contribution in [0.1, 0.15) is 24.6 Å². The smallest absolute Gasteiger partial charge is 0.240 e. The highest BCUT2D eigenvalue weighted by Gasteiger charge is 2.21. The molecule has 1 aliphatic heterocycles. The summed E-state index contributed by atoms with van der Waals surface area (Å²) in [6.45, 7) is 3.89. The highest BCUT2D eigenvalue weighted by atomic mass is 16.5. The van der Waals surface area contributed by atoms with Crippen molar-refractivity contribution in [1.29, 1.82) is 0 Å². The maximum Gasteiger partial charge on any atom is 0.240 e. The highest BCUT2D eigenvalue weighted by molar-refractivity contribution is 5.20. The molecular formula is C16H22N4O2. The summed E-state index contributed by atoms with van der Waals surface area (Å²) in [6, 6.07) is 10.00. The van der Waals surface area contributed by atoms with E-state index >= 15 is 0 Å². The van der Waals surface area contributed by atoms with Gasteiger partial charge in [-0.05, 0) is 44.0 Å². The van der Waals surface area contributed by atoms with Gasteiger partial charge in [-0.15, -0.1) is 0 Å². The largest absolute Gasteiger partial charge is 0.493 e. The Bertz CT molecular complexity index is 565. The normalized spacial score (nSPS) is 16.8. The lowest BCUT2D eigenvalue weighted by Crippen LogP contribution is -2.35. The van der Waals surface area contributed by atoms with Gasteiger partial charge in [0.2, 0.25) is 5.89 Å². The van der Waals surface area contributed by atoms with E-state index in [0.717, 1.165) is 50.7 Å². The molecule has 1 aromatic carbocycles. The molecular weight excluding hydrogens is 280 g/mol. The van der Waals surface area contributed by atoms with Crippen LogP contribution in [0.3, 0.4) is 0 Å². The molecule has 0 atom stereocenters. The number of nitrogens with zero attached hydrogens (tertiary/aromatic N) is 3. The highest BCUT2D eigenvalue weighted by Crippen LogP contribution is 2.20. The second kappa shape index (κ2) is 7.38. The fourth-order valence-corrected chi connectivity index (χ4v) is 2.68. The van der Waals surface area contributed by atoms with Gasteiger partial charge in [0.1, 0.15) is 5.75 Å². The van der Waals surface area contributed by atoms with Crippen LogP contribution in [0, 0.1) is 5.92 Å². The number of nitrogens with two attached hydrogens (primary N) is 1. The van der Waals surface area contributed by atoms with Gasteiger partial charge in [-0.3, -0.25) is 4.90 Å². The first-order chi connectivity index (χ1) is 10.8. The van der Waals surface area contributed by atoms with Crippen LogP contribution in [-0.4, -0.2) is 34.7 Å². The minimum Gasteiger partial charge on any atom is -0.493 e. The fraction of sp³-hybridized carbons (Fsp3) is 0.500. The lowest BCUT2D eigenvalue weighted by molar-refractivity contribution is 0.134. The molecule has 1 aliphatic rings. The van der Waals surface area contributed by atoms with Gasteiger partial charge in [0, 0.05) is 0 Å². The maximum absolute atomic E-state index is 5.84. The number of likely N-dealkylation sites (tertiary alicyclic amines) is 1. The quantitative estimate of drug-likeness (QED) is 0.877. The molecule has 6 heteroatoms. The van der Waals surface area contributed by atoms with Crippen molar-refractivity contribution in [3.8, 4) is 5.75 Å². The Labute approximate surface area is 130 Å². The number of hydrogen-bond acceptors (Lipinski definition) is 6. The van der Waals surface area contributed by atoms with Crippen molar-refractivity contribution in [1.82, 2.24) is 15.0 Å². The molecule has 3 rings (SSSR count). The summed E-state index contributed by atoms with van der Waals surface area (Å²) in [6.07, 6.45) is 2.27. The van der Waals surface area contributed by atoms with Crippen LogP contribution in [0.5, 0.6) is 5.75 Å². The molecule has 2 heterocycles. The Kier molecular flexibility index (Phi) is 5.03. The minimum absolute atomic E-state index is 0.298. The summed E-state index contributed by atoms with van der Waals surface area (Å²) >= 11 is 0. The third-order valence-corrected chi connectivity index (χ3v) is 3.99. The lowest BCUT2D eigenvalue weighted by atomic mass is 9.98. The van der Waals surface area contributed by atoms with E-state index in [9.17, 15) is 0 Å². The van der Waals surface area contributed by atoms with Gasteiger partial charge in [0.05, 0.1) is 19.7 Å². The number of benzene rings is 1. The van der Waals surface area contributed by atoms with Crippen LogP contribution < -0.4 is 10.5 Å². The third kappa shape index (κ3) is 4.05. The van der Waals surface area contributed by atoms with Crippen molar-refractivity contribution < 1.29 is 9.26 Å². The number of ether oxygens (including phenoxy) is 1. The van der Waals surface area contributed by atoms with Crippen LogP contribution in [-0.2, 0) is 13.1 Å². The molecule has 0 amide bonds. The Morgan fingerprint density at radius 2 is 2.00 bits per heavy atom. The zero-order valence-corrected chi connectivity index (χ0v) is 12.6. The SMILES string of the molecule is NCc1nc(CN2CCC(COc3ccccc3)CC2)no1.